The molecule has 1 N–H and O–H groups in total. The fraction of sp³-hybridized carbons (Fsp3) is 1.00. The van der Waals surface area contributed by atoms with Gasteiger partial charge in [-0.3, -0.25) is 0 Å². The third kappa shape index (κ3) is 2.82. The van der Waals surface area contributed by atoms with E-state index >= 15 is 0 Å². The average Bonchev–Trinajstić information content (AvgIpc) is 2.32. The first-order valence-corrected chi connectivity index (χ1v) is 6.90. The van der Waals surface area contributed by atoms with E-state index in [1.54, 1.807) is 0 Å². The quantitative estimate of drug-likeness (QED) is 0.842. The number of ether oxygens (including phenoxy) is 1. The van der Waals surface area contributed by atoms with Gasteiger partial charge < -0.3 is 10.1 Å². The highest BCUT2D eigenvalue weighted by molar-refractivity contribution is 5.08. The van der Waals surface area contributed by atoms with Crippen LogP contribution >= 0.6 is 0 Å². The first-order valence-electron chi connectivity index (χ1n) is 6.90. The topological polar surface area (TPSA) is 21.3 Å². The molecule has 2 atom stereocenters. The zero-order chi connectivity index (χ0) is 13.2. The van der Waals surface area contributed by atoms with Crippen molar-refractivity contribution in [1.82, 2.24) is 5.32 Å². The second-order valence-corrected chi connectivity index (χ2v) is 5.55. The van der Waals surface area contributed by atoms with Crippen LogP contribution in [0.1, 0.15) is 45.4 Å². The summed E-state index contributed by atoms with van der Waals surface area (Å²) in [7, 11) is 0. The van der Waals surface area contributed by atoms with Crippen LogP contribution in [-0.4, -0.2) is 31.5 Å². The van der Waals surface area contributed by atoms with Gasteiger partial charge in [-0.2, -0.15) is 13.2 Å². The lowest BCUT2D eigenvalue weighted by Crippen LogP contribution is -2.64. The van der Waals surface area contributed by atoms with E-state index in [0.717, 1.165) is 38.6 Å². The van der Waals surface area contributed by atoms with Gasteiger partial charge >= 0.3 is 6.18 Å². The second kappa shape index (κ2) is 5.37. The van der Waals surface area contributed by atoms with Crippen LogP contribution in [0.25, 0.3) is 0 Å². The van der Waals surface area contributed by atoms with Gasteiger partial charge in [-0.25, -0.2) is 0 Å². The predicted molar refractivity (Wildman–Crippen MR) is 63.4 cm³/mol. The number of hydrogen-bond acceptors (Lipinski definition) is 2. The van der Waals surface area contributed by atoms with Crippen molar-refractivity contribution in [1.29, 1.82) is 0 Å². The van der Waals surface area contributed by atoms with Crippen molar-refractivity contribution in [3.63, 3.8) is 0 Å². The minimum absolute atomic E-state index is 0.0283. The molecule has 2 unspecified atom stereocenters. The molecule has 2 aliphatic carbocycles. The standard InChI is InChI=1S/C13H22F3NO/c1-2-17-10-8-11(18-9-13(14,15)16)12(10)6-4-3-5-7-12/h10-11,17H,2-9H2,1H3. The first kappa shape index (κ1) is 14.1. The molecule has 18 heavy (non-hydrogen) atoms. The maximum absolute atomic E-state index is 12.2. The summed E-state index contributed by atoms with van der Waals surface area (Å²) in [6.45, 7) is 1.82. The molecular formula is C13H22F3NO. The zero-order valence-corrected chi connectivity index (χ0v) is 10.9. The van der Waals surface area contributed by atoms with Gasteiger partial charge in [-0.05, 0) is 25.8 Å². The molecule has 0 aromatic carbocycles. The molecule has 0 heterocycles. The summed E-state index contributed by atoms with van der Waals surface area (Å²) in [5, 5.41) is 3.41. The Labute approximate surface area is 106 Å². The molecule has 2 fully saturated rings. The summed E-state index contributed by atoms with van der Waals surface area (Å²) in [5.74, 6) is 0. The number of nitrogens with one attached hydrogen (secondary N) is 1. The minimum atomic E-state index is -4.21. The van der Waals surface area contributed by atoms with Crippen LogP contribution in [-0.2, 0) is 4.74 Å². The highest BCUT2D eigenvalue weighted by atomic mass is 19.4. The molecule has 0 radical (unpaired) electrons. The van der Waals surface area contributed by atoms with Gasteiger partial charge in [-0.15, -0.1) is 0 Å². The normalized spacial score (nSPS) is 31.3. The summed E-state index contributed by atoms with van der Waals surface area (Å²) in [6, 6.07) is 0.348. The fourth-order valence-electron chi connectivity index (χ4n) is 3.59. The number of halogens is 3. The van der Waals surface area contributed by atoms with E-state index in [4.69, 9.17) is 4.74 Å². The smallest absolute Gasteiger partial charge is 0.368 e. The highest BCUT2D eigenvalue weighted by Crippen LogP contribution is 2.53. The molecule has 2 saturated carbocycles. The Bertz CT molecular complexity index is 274. The van der Waals surface area contributed by atoms with Gasteiger partial charge in [0, 0.05) is 11.5 Å². The molecule has 0 saturated heterocycles. The lowest BCUT2D eigenvalue weighted by Gasteiger charge is -2.58. The van der Waals surface area contributed by atoms with Crippen LogP contribution < -0.4 is 5.32 Å². The van der Waals surface area contributed by atoms with Gasteiger partial charge in [0.1, 0.15) is 6.61 Å². The van der Waals surface area contributed by atoms with Crippen LogP contribution in [0.4, 0.5) is 13.2 Å². The highest BCUT2D eigenvalue weighted by Gasteiger charge is 2.55. The molecule has 2 nitrogen and oxygen atoms in total. The van der Waals surface area contributed by atoms with Crippen molar-refractivity contribution in [3.8, 4) is 0 Å². The zero-order valence-electron chi connectivity index (χ0n) is 10.9. The fourth-order valence-corrected chi connectivity index (χ4v) is 3.59. The number of hydrogen-bond donors (Lipinski definition) is 1. The van der Waals surface area contributed by atoms with E-state index < -0.39 is 12.8 Å². The van der Waals surface area contributed by atoms with E-state index in [1.165, 1.54) is 6.42 Å². The lowest BCUT2D eigenvalue weighted by molar-refractivity contribution is -0.228. The summed E-state index contributed by atoms with van der Waals surface area (Å²) in [4.78, 5) is 0. The van der Waals surface area contributed by atoms with Crippen molar-refractivity contribution in [2.45, 2.75) is 63.8 Å². The maximum atomic E-state index is 12.2. The van der Waals surface area contributed by atoms with Crippen molar-refractivity contribution < 1.29 is 17.9 Å². The third-order valence-electron chi connectivity index (χ3n) is 4.47. The molecule has 5 heteroatoms. The van der Waals surface area contributed by atoms with Crippen LogP contribution in [0.15, 0.2) is 0 Å². The van der Waals surface area contributed by atoms with E-state index in [-0.39, 0.29) is 11.5 Å². The van der Waals surface area contributed by atoms with Gasteiger partial charge in [-0.1, -0.05) is 26.2 Å². The Balaban J connectivity index is 1.94. The lowest BCUT2D eigenvalue weighted by atomic mass is 9.55. The van der Waals surface area contributed by atoms with Crippen molar-refractivity contribution in [3.05, 3.63) is 0 Å². The molecule has 2 aliphatic rings. The molecule has 1 spiro atoms. The molecule has 0 aliphatic heterocycles. The molecule has 106 valence electrons. The number of rotatable bonds is 4. The monoisotopic (exact) mass is 265 g/mol. The average molecular weight is 265 g/mol. The van der Waals surface area contributed by atoms with Crippen LogP contribution in [0, 0.1) is 5.41 Å². The minimum Gasteiger partial charge on any atom is -0.368 e. The van der Waals surface area contributed by atoms with E-state index in [0.29, 0.717) is 6.04 Å². The summed E-state index contributed by atoms with van der Waals surface area (Å²) >= 11 is 0. The second-order valence-electron chi connectivity index (χ2n) is 5.55. The van der Waals surface area contributed by atoms with Crippen molar-refractivity contribution in [2.75, 3.05) is 13.2 Å². The third-order valence-corrected chi connectivity index (χ3v) is 4.47. The SMILES string of the molecule is CCNC1CC(OCC(F)(F)F)C12CCCCC2. The van der Waals surface area contributed by atoms with Crippen molar-refractivity contribution in [2.24, 2.45) is 5.41 Å². The van der Waals surface area contributed by atoms with Gasteiger partial charge in [0.2, 0.25) is 0 Å². The largest absolute Gasteiger partial charge is 0.411 e. The molecule has 2 rings (SSSR count). The van der Waals surface area contributed by atoms with Crippen LogP contribution in [0.5, 0.6) is 0 Å². The van der Waals surface area contributed by atoms with Crippen LogP contribution in [0.3, 0.4) is 0 Å². The summed E-state index contributed by atoms with van der Waals surface area (Å²) in [5.41, 5.74) is -0.0283. The first-order chi connectivity index (χ1) is 8.48. The van der Waals surface area contributed by atoms with E-state index in [2.05, 4.69) is 5.32 Å². The molecule has 0 amide bonds. The van der Waals surface area contributed by atoms with E-state index in [1.807, 2.05) is 6.92 Å². The van der Waals surface area contributed by atoms with Gasteiger partial charge in [0.15, 0.2) is 0 Å². The Kier molecular flexibility index (Phi) is 4.22. The number of alkyl halides is 3. The van der Waals surface area contributed by atoms with Gasteiger partial charge in [0.05, 0.1) is 6.10 Å². The Hall–Kier alpha value is -0.290. The molecular weight excluding hydrogens is 243 g/mol. The van der Waals surface area contributed by atoms with E-state index in [9.17, 15) is 13.2 Å². The Morgan fingerprint density at radius 3 is 2.44 bits per heavy atom. The van der Waals surface area contributed by atoms with Crippen molar-refractivity contribution >= 4 is 0 Å². The Morgan fingerprint density at radius 2 is 1.89 bits per heavy atom. The molecule has 0 aromatic heterocycles. The predicted octanol–water partition coefficient (Wildman–Crippen LogP) is 3.27. The maximum Gasteiger partial charge on any atom is 0.411 e. The molecule has 0 aromatic rings. The summed E-state index contributed by atoms with van der Waals surface area (Å²) < 4.78 is 41.9. The molecule has 0 bridgehead atoms. The summed E-state index contributed by atoms with van der Waals surface area (Å²) in [6.07, 6.45) is 1.76. The van der Waals surface area contributed by atoms with Crippen LogP contribution in [0.2, 0.25) is 0 Å². The van der Waals surface area contributed by atoms with Gasteiger partial charge in [0.25, 0.3) is 0 Å². The Morgan fingerprint density at radius 1 is 1.22 bits per heavy atom.